The topological polar surface area (TPSA) is 67.2 Å². The average Bonchev–Trinajstić information content (AvgIpc) is 3.36. The van der Waals surface area contributed by atoms with Crippen LogP contribution in [-0.2, 0) is 25.7 Å². The summed E-state index contributed by atoms with van der Waals surface area (Å²) >= 11 is 0. The van der Waals surface area contributed by atoms with Crippen LogP contribution in [0.4, 0.5) is 13.2 Å². The molecule has 0 fully saturated rings. The van der Waals surface area contributed by atoms with Gasteiger partial charge in [0.2, 0.25) is 0 Å². The van der Waals surface area contributed by atoms with Gasteiger partial charge in [0.1, 0.15) is 5.69 Å². The number of amides is 2. The number of hydrogen-bond donors (Lipinski definition) is 1. The minimum absolute atomic E-state index is 0.0304. The molecule has 0 spiro atoms. The molecule has 3 aromatic carbocycles. The van der Waals surface area contributed by atoms with Gasteiger partial charge in [0, 0.05) is 19.2 Å². The van der Waals surface area contributed by atoms with E-state index in [2.05, 4.69) is 10.4 Å². The quantitative estimate of drug-likeness (QED) is 0.363. The highest BCUT2D eigenvalue weighted by Gasteiger charge is 2.32. The van der Waals surface area contributed by atoms with Gasteiger partial charge in [0.05, 0.1) is 18.2 Å². The van der Waals surface area contributed by atoms with Gasteiger partial charge in [-0.2, -0.15) is 18.3 Å². The Morgan fingerprint density at radius 2 is 1.58 bits per heavy atom. The zero-order valence-corrected chi connectivity index (χ0v) is 20.4. The number of benzene rings is 3. The Hall–Kier alpha value is -4.40. The van der Waals surface area contributed by atoms with Crippen LogP contribution in [-0.4, -0.2) is 33.0 Å². The maximum atomic E-state index is 13.2. The first-order valence-corrected chi connectivity index (χ1v) is 12.2. The number of hydrogen-bond acceptors (Lipinski definition) is 3. The summed E-state index contributed by atoms with van der Waals surface area (Å²) in [6, 6.07) is 25.5. The smallest absolute Gasteiger partial charge is 0.344 e. The van der Waals surface area contributed by atoms with Crippen molar-refractivity contribution in [2.75, 3.05) is 6.54 Å². The van der Waals surface area contributed by atoms with Crippen molar-refractivity contribution in [1.82, 2.24) is 20.0 Å². The molecule has 194 valence electrons. The number of nitrogens with zero attached hydrogens (tertiary/aromatic N) is 3. The lowest BCUT2D eigenvalue weighted by Crippen LogP contribution is -2.39. The summed E-state index contributed by atoms with van der Waals surface area (Å²) in [5.74, 6) is -0.794. The third-order valence-corrected chi connectivity index (χ3v) is 6.52. The van der Waals surface area contributed by atoms with E-state index in [-0.39, 0.29) is 36.4 Å². The van der Waals surface area contributed by atoms with Crippen LogP contribution in [0.1, 0.15) is 49.3 Å². The predicted octanol–water partition coefficient (Wildman–Crippen LogP) is 5.27. The first-order chi connectivity index (χ1) is 18.3. The van der Waals surface area contributed by atoms with E-state index in [1.54, 1.807) is 6.07 Å². The van der Waals surface area contributed by atoms with Crippen molar-refractivity contribution < 1.29 is 22.8 Å². The number of carbonyl (C=O) groups is 2. The maximum Gasteiger partial charge on any atom is 0.416 e. The molecule has 1 atom stereocenters. The molecule has 5 rings (SSSR count). The van der Waals surface area contributed by atoms with Crippen molar-refractivity contribution in [3.05, 3.63) is 125 Å². The van der Waals surface area contributed by atoms with Crippen molar-refractivity contribution in [3.63, 3.8) is 0 Å². The van der Waals surface area contributed by atoms with Crippen LogP contribution in [0, 0.1) is 0 Å². The van der Waals surface area contributed by atoms with E-state index in [0.29, 0.717) is 18.5 Å². The summed E-state index contributed by atoms with van der Waals surface area (Å²) in [6.45, 7) is 0.632. The molecule has 1 aliphatic heterocycles. The van der Waals surface area contributed by atoms with Crippen molar-refractivity contribution in [3.8, 4) is 0 Å². The minimum Gasteiger partial charge on any atom is -0.344 e. The molecule has 2 amide bonds. The molecule has 0 radical (unpaired) electrons. The number of aromatic nitrogens is 2. The average molecular weight is 519 g/mol. The van der Waals surface area contributed by atoms with Crippen molar-refractivity contribution in [2.45, 2.75) is 31.7 Å². The normalized spacial score (nSPS) is 14.2. The monoisotopic (exact) mass is 518 g/mol. The number of fused-ring (bicyclic) bond motifs is 1. The van der Waals surface area contributed by atoms with E-state index in [1.165, 1.54) is 21.7 Å². The Balaban J connectivity index is 1.32. The van der Waals surface area contributed by atoms with Crippen LogP contribution in [0.3, 0.4) is 0 Å². The SMILES string of the molecule is O=C(NC(Cc1ccccc1)c1ccccc1)c1cc2n(n1)CCN(Cc1cccc(C(F)(F)F)c1)C2=O. The number of carbonyl (C=O) groups excluding carboxylic acids is 2. The molecule has 1 N–H and O–H groups in total. The third-order valence-electron chi connectivity index (χ3n) is 6.52. The molecule has 1 aromatic heterocycles. The Kier molecular flexibility index (Phi) is 7.00. The molecule has 9 heteroatoms. The first kappa shape index (κ1) is 25.3. The summed E-state index contributed by atoms with van der Waals surface area (Å²) in [5, 5.41) is 7.40. The Labute approximate surface area is 217 Å². The van der Waals surface area contributed by atoms with Gasteiger partial charge in [-0.3, -0.25) is 14.3 Å². The number of rotatable bonds is 7. The van der Waals surface area contributed by atoms with E-state index in [1.807, 2.05) is 60.7 Å². The van der Waals surface area contributed by atoms with Gasteiger partial charge < -0.3 is 10.2 Å². The first-order valence-electron chi connectivity index (χ1n) is 12.2. The Morgan fingerprint density at radius 3 is 2.29 bits per heavy atom. The van der Waals surface area contributed by atoms with Crippen molar-refractivity contribution in [2.24, 2.45) is 0 Å². The highest BCUT2D eigenvalue weighted by Crippen LogP contribution is 2.30. The van der Waals surface area contributed by atoms with Crippen LogP contribution in [0.2, 0.25) is 0 Å². The summed E-state index contributed by atoms with van der Waals surface area (Å²) in [7, 11) is 0. The highest BCUT2D eigenvalue weighted by molar-refractivity contribution is 5.98. The van der Waals surface area contributed by atoms with Gasteiger partial charge in [-0.15, -0.1) is 0 Å². The van der Waals surface area contributed by atoms with Gasteiger partial charge in [0.15, 0.2) is 5.69 Å². The van der Waals surface area contributed by atoms with E-state index >= 15 is 0 Å². The molecule has 2 heterocycles. The van der Waals surface area contributed by atoms with Crippen LogP contribution in [0.5, 0.6) is 0 Å². The molecule has 38 heavy (non-hydrogen) atoms. The summed E-state index contributed by atoms with van der Waals surface area (Å²) in [6.07, 6.45) is -3.88. The van der Waals surface area contributed by atoms with E-state index < -0.39 is 17.6 Å². The van der Waals surface area contributed by atoms with Crippen molar-refractivity contribution >= 4 is 11.8 Å². The fourth-order valence-electron chi connectivity index (χ4n) is 4.59. The second kappa shape index (κ2) is 10.5. The van der Waals surface area contributed by atoms with Gasteiger partial charge in [-0.05, 0) is 35.2 Å². The number of alkyl halides is 3. The lowest BCUT2D eigenvalue weighted by molar-refractivity contribution is -0.137. The highest BCUT2D eigenvalue weighted by atomic mass is 19.4. The van der Waals surface area contributed by atoms with E-state index in [4.69, 9.17) is 0 Å². The lowest BCUT2D eigenvalue weighted by Gasteiger charge is -2.27. The molecule has 0 saturated heterocycles. The Morgan fingerprint density at radius 1 is 0.895 bits per heavy atom. The standard InChI is InChI=1S/C29H25F3N4O2/c30-29(31,32)23-13-7-10-21(16-23)19-35-14-15-36-26(28(35)38)18-25(34-36)27(37)33-24(22-11-5-2-6-12-22)17-20-8-3-1-4-9-20/h1-13,16,18,24H,14-15,17,19H2,(H,33,37). The molecule has 4 aromatic rings. The second-order valence-corrected chi connectivity index (χ2v) is 9.19. The summed E-state index contributed by atoms with van der Waals surface area (Å²) in [5.41, 5.74) is 1.97. The fourth-order valence-corrected chi connectivity index (χ4v) is 4.59. The lowest BCUT2D eigenvalue weighted by atomic mass is 9.98. The molecule has 1 unspecified atom stereocenters. The molecular weight excluding hydrogens is 493 g/mol. The zero-order valence-electron chi connectivity index (χ0n) is 20.4. The molecule has 1 aliphatic rings. The van der Waals surface area contributed by atoms with Crippen LogP contribution in [0.15, 0.2) is 91.0 Å². The number of halogens is 3. The van der Waals surface area contributed by atoms with Crippen LogP contribution < -0.4 is 5.32 Å². The second-order valence-electron chi connectivity index (χ2n) is 9.19. The zero-order chi connectivity index (χ0) is 26.7. The fraction of sp³-hybridized carbons (Fsp3) is 0.207. The van der Waals surface area contributed by atoms with Gasteiger partial charge in [0.25, 0.3) is 11.8 Å². The van der Waals surface area contributed by atoms with Gasteiger partial charge >= 0.3 is 6.18 Å². The van der Waals surface area contributed by atoms with Crippen LogP contribution in [0.25, 0.3) is 0 Å². The molecule has 6 nitrogen and oxygen atoms in total. The largest absolute Gasteiger partial charge is 0.416 e. The minimum atomic E-state index is -4.46. The third kappa shape index (κ3) is 5.61. The van der Waals surface area contributed by atoms with Crippen LogP contribution >= 0.6 is 0 Å². The number of nitrogens with one attached hydrogen (secondary N) is 1. The summed E-state index contributed by atoms with van der Waals surface area (Å²) in [4.78, 5) is 27.8. The predicted molar refractivity (Wildman–Crippen MR) is 135 cm³/mol. The van der Waals surface area contributed by atoms with E-state index in [0.717, 1.165) is 23.3 Å². The van der Waals surface area contributed by atoms with Gasteiger partial charge in [-0.25, -0.2) is 0 Å². The molecular formula is C29H25F3N4O2. The molecule has 0 bridgehead atoms. The molecule has 0 saturated carbocycles. The van der Waals surface area contributed by atoms with Gasteiger partial charge in [-0.1, -0.05) is 72.8 Å². The summed E-state index contributed by atoms with van der Waals surface area (Å²) < 4.78 is 40.7. The van der Waals surface area contributed by atoms with E-state index in [9.17, 15) is 22.8 Å². The maximum absolute atomic E-state index is 13.2. The Bertz CT molecular complexity index is 1440. The molecule has 0 aliphatic carbocycles. The van der Waals surface area contributed by atoms with Crippen molar-refractivity contribution in [1.29, 1.82) is 0 Å².